The van der Waals surface area contributed by atoms with E-state index >= 15 is 0 Å². The van der Waals surface area contributed by atoms with Gasteiger partial charge in [-0.3, -0.25) is 0 Å². The van der Waals surface area contributed by atoms with Crippen LogP contribution in [0.4, 0.5) is 13.2 Å². The Hall–Kier alpha value is -2.26. The van der Waals surface area contributed by atoms with Crippen molar-refractivity contribution in [1.29, 1.82) is 0 Å². The van der Waals surface area contributed by atoms with E-state index < -0.39 is 27.0 Å². The molecule has 26 heavy (non-hydrogen) atoms. The first-order valence-corrected chi connectivity index (χ1v) is 9.05. The van der Waals surface area contributed by atoms with Crippen LogP contribution in [-0.4, -0.2) is 39.3 Å². The second-order valence-electron chi connectivity index (χ2n) is 5.44. The van der Waals surface area contributed by atoms with E-state index in [1.165, 1.54) is 19.2 Å². The highest BCUT2D eigenvalue weighted by Crippen LogP contribution is 2.30. The van der Waals surface area contributed by atoms with Crippen LogP contribution in [0.5, 0.6) is 11.5 Å². The summed E-state index contributed by atoms with van der Waals surface area (Å²) in [4.78, 5) is -0.560. The minimum atomic E-state index is -4.99. The Labute approximate surface area is 150 Å². The van der Waals surface area contributed by atoms with E-state index in [-0.39, 0.29) is 13.2 Å². The van der Waals surface area contributed by atoms with E-state index in [4.69, 9.17) is 4.74 Å². The average molecular weight is 389 g/mol. The van der Waals surface area contributed by atoms with Gasteiger partial charge in [0.1, 0.15) is 23.0 Å². The third-order valence-electron chi connectivity index (χ3n) is 3.52. The molecule has 2 rings (SSSR count). The summed E-state index contributed by atoms with van der Waals surface area (Å²) in [6, 6.07) is 11.8. The Morgan fingerprint density at radius 3 is 2.19 bits per heavy atom. The molecular formula is C17H18F3NO4S. The standard InChI is InChI=1S/C17H18F3NO4S/c1-13-7-3-4-8-14(13)24-12-11-21(2)26(22,23)16-10-6-5-9-15(16)25-17(18,19)20/h3-10H,11-12H2,1-2H3. The summed E-state index contributed by atoms with van der Waals surface area (Å²) in [6.45, 7) is 1.85. The molecule has 0 saturated heterocycles. The van der Waals surface area contributed by atoms with Crippen LogP contribution >= 0.6 is 0 Å². The largest absolute Gasteiger partial charge is 0.573 e. The van der Waals surface area contributed by atoms with Gasteiger partial charge in [0.25, 0.3) is 0 Å². The molecule has 0 radical (unpaired) electrons. The molecule has 0 bridgehead atoms. The molecule has 142 valence electrons. The summed E-state index contributed by atoms with van der Waals surface area (Å²) < 4.78 is 72.9. The SMILES string of the molecule is Cc1ccccc1OCCN(C)S(=O)(=O)c1ccccc1OC(F)(F)F. The van der Waals surface area contributed by atoms with E-state index in [0.29, 0.717) is 5.75 Å². The van der Waals surface area contributed by atoms with Crippen molar-refractivity contribution in [1.82, 2.24) is 4.31 Å². The predicted octanol–water partition coefficient (Wildman–Crippen LogP) is 3.59. The number of aryl methyl sites for hydroxylation is 1. The Morgan fingerprint density at radius 1 is 1.00 bits per heavy atom. The van der Waals surface area contributed by atoms with Gasteiger partial charge in [-0.2, -0.15) is 4.31 Å². The summed E-state index contributed by atoms with van der Waals surface area (Å²) in [5.41, 5.74) is 0.891. The highest BCUT2D eigenvalue weighted by molar-refractivity contribution is 7.89. The molecule has 2 aromatic carbocycles. The monoisotopic (exact) mass is 389 g/mol. The number of hydrogen-bond acceptors (Lipinski definition) is 4. The first-order valence-electron chi connectivity index (χ1n) is 7.61. The van der Waals surface area contributed by atoms with Crippen molar-refractivity contribution in [2.45, 2.75) is 18.2 Å². The average Bonchev–Trinajstić information content (AvgIpc) is 2.55. The molecule has 0 N–H and O–H groups in total. The normalized spacial score (nSPS) is 12.2. The van der Waals surface area contributed by atoms with Gasteiger partial charge in [-0.15, -0.1) is 13.2 Å². The van der Waals surface area contributed by atoms with Crippen molar-refractivity contribution in [2.24, 2.45) is 0 Å². The lowest BCUT2D eigenvalue weighted by Crippen LogP contribution is -2.32. The second kappa shape index (κ2) is 7.96. The molecule has 0 aliphatic carbocycles. The number of para-hydroxylation sites is 2. The number of hydrogen-bond donors (Lipinski definition) is 0. The zero-order valence-electron chi connectivity index (χ0n) is 14.2. The van der Waals surface area contributed by atoms with Crippen molar-refractivity contribution >= 4 is 10.0 Å². The summed E-state index contributed by atoms with van der Waals surface area (Å²) in [6.07, 6.45) is -4.99. The van der Waals surface area contributed by atoms with Crippen LogP contribution in [0, 0.1) is 6.92 Å². The van der Waals surface area contributed by atoms with Crippen LogP contribution in [0.1, 0.15) is 5.56 Å². The summed E-state index contributed by atoms with van der Waals surface area (Å²) in [5, 5.41) is 0. The molecule has 0 aliphatic rings. The van der Waals surface area contributed by atoms with Crippen LogP contribution < -0.4 is 9.47 Å². The summed E-state index contributed by atoms with van der Waals surface area (Å²) in [5.74, 6) is -0.161. The van der Waals surface area contributed by atoms with Crippen molar-refractivity contribution in [3.63, 3.8) is 0 Å². The van der Waals surface area contributed by atoms with Crippen molar-refractivity contribution < 1.29 is 31.1 Å². The second-order valence-corrected chi connectivity index (χ2v) is 7.45. The smallest absolute Gasteiger partial charge is 0.492 e. The van der Waals surface area contributed by atoms with E-state index in [0.717, 1.165) is 22.0 Å². The van der Waals surface area contributed by atoms with Crippen molar-refractivity contribution in [3.8, 4) is 11.5 Å². The molecular weight excluding hydrogens is 371 g/mol. The van der Waals surface area contributed by atoms with Crippen LogP contribution in [0.3, 0.4) is 0 Å². The van der Waals surface area contributed by atoms with Crippen LogP contribution in [0.15, 0.2) is 53.4 Å². The number of likely N-dealkylation sites (N-methyl/N-ethyl adjacent to an activating group) is 1. The highest BCUT2D eigenvalue weighted by atomic mass is 32.2. The fourth-order valence-electron chi connectivity index (χ4n) is 2.16. The fourth-order valence-corrected chi connectivity index (χ4v) is 3.43. The summed E-state index contributed by atoms with van der Waals surface area (Å²) >= 11 is 0. The zero-order chi connectivity index (χ0) is 19.4. The maximum atomic E-state index is 12.6. The maximum Gasteiger partial charge on any atom is 0.573 e. The van der Waals surface area contributed by atoms with Gasteiger partial charge in [0.05, 0.1) is 0 Å². The first-order chi connectivity index (χ1) is 12.1. The molecule has 9 heteroatoms. The molecule has 0 spiro atoms. The molecule has 0 unspecified atom stereocenters. The molecule has 0 heterocycles. The number of halogens is 3. The summed E-state index contributed by atoms with van der Waals surface area (Å²) in [7, 11) is -2.91. The van der Waals surface area contributed by atoms with Crippen LogP contribution in [0.25, 0.3) is 0 Å². The minimum absolute atomic E-state index is 0.0445. The van der Waals surface area contributed by atoms with Crippen molar-refractivity contribution in [3.05, 3.63) is 54.1 Å². The lowest BCUT2D eigenvalue weighted by atomic mass is 10.2. The number of sulfonamides is 1. The molecule has 5 nitrogen and oxygen atoms in total. The van der Waals surface area contributed by atoms with E-state index in [1.807, 2.05) is 19.1 Å². The van der Waals surface area contributed by atoms with Gasteiger partial charge in [0.15, 0.2) is 0 Å². The fraction of sp³-hybridized carbons (Fsp3) is 0.294. The number of alkyl halides is 3. The van der Waals surface area contributed by atoms with Gasteiger partial charge in [-0.1, -0.05) is 30.3 Å². The van der Waals surface area contributed by atoms with Gasteiger partial charge in [0, 0.05) is 13.6 Å². The molecule has 2 aromatic rings. The Bertz CT molecular complexity index is 853. The Kier molecular flexibility index (Phi) is 6.14. The van der Waals surface area contributed by atoms with Gasteiger partial charge >= 0.3 is 6.36 Å². The van der Waals surface area contributed by atoms with Crippen molar-refractivity contribution in [2.75, 3.05) is 20.2 Å². The topological polar surface area (TPSA) is 55.8 Å². The number of benzene rings is 2. The quantitative estimate of drug-likeness (QED) is 0.726. The highest BCUT2D eigenvalue weighted by Gasteiger charge is 2.34. The lowest BCUT2D eigenvalue weighted by Gasteiger charge is -2.20. The van der Waals surface area contributed by atoms with Gasteiger partial charge in [0.2, 0.25) is 10.0 Å². The number of nitrogens with zero attached hydrogens (tertiary/aromatic N) is 1. The number of ether oxygens (including phenoxy) is 2. The van der Waals surface area contributed by atoms with E-state index in [2.05, 4.69) is 4.74 Å². The van der Waals surface area contributed by atoms with E-state index in [9.17, 15) is 21.6 Å². The minimum Gasteiger partial charge on any atom is -0.492 e. The van der Waals surface area contributed by atoms with Crippen LogP contribution in [0.2, 0.25) is 0 Å². The lowest BCUT2D eigenvalue weighted by molar-refractivity contribution is -0.275. The van der Waals surface area contributed by atoms with E-state index in [1.54, 1.807) is 12.1 Å². The third kappa shape index (κ3) is 5.12. The van der Waals surface area contributed by atoms with Crippen LogP contribution in [-0.2, 0) is 10.0 Å². The maximum absolute atomic E-state index is 12.6. The molecule has 0 amide bonds. The molecule has 0 aliphatic heterocycles. The third-order valence-corrected chi connectivity index (χ3v) is 5.42. The first kappa shape index (κ1) is 20.1. The Morgan fingerprint density at radius 2 is 1.58 bits per heavy atom. The van der Waals surface area contributed by atoms with Gasteiger partial charge in [-0.05, 0) is 30.7 Å². The number of rotatable bonds is 7. The molecule has 0 atom stereocenters. The molecule has 0 aromatic heterocycles. The zero-order valence-corrected chi connectivity index (χ0v) is 15.0. The molecule has 0 saturated carbocycles. The van der Waals surface area contributed by atoms with Gasteiger partial charge < -0.3 is 9.47 Å². The Balaban J connectivity index is 2.11. The predicted molar refractivity (Wildman–Crippen MR) is 89.6 cm³/mol. The van der Waals surface area contributed by atoms with Gasteiger partial charge in [-0.25, -0.2) is 8.42 Å². The molecule has 0 fully saturated rings.